The largest absolute Gasteiger partial charge is 0.480 e. The number of fused-ring (bicyclic) bond motifs is 3. The molecule has 2 amide bonds. The van der Waals surface area contributed by atoms with Gasteiger partial charge in [-0.2, -0.15) is 11.8 Å². The topological polar surface area (TPSA) is 118 Å². The number of benzene rings is 2. The van der Waals surface area contributed by atoms with E-state index in [1.165, 1.54) is 23.9 Å². The molecule has 35 heavy (non-hydrogen) atoms. The van der Waals surface area contributed by atoms with E-state index in [0.29, 0.717) is 12.2 Å². The minimum Gasteiger partial charge on any atom is -0.480 e. The van der Waals surface area contributed by atoms with Gasteiger partial charge >= 0.3 is 12.1 Å². The van der Waals surface area contributed by atoms with Gasteiger partial charge in [-0.25, -0.2) is 14.6 Å². The third-order valence-corrected chi connectivity index (χ3v) is 6.41. The number of ether oxygens (including phenoxy) is 1. The highest BCUT2D eigenvalue weighted by Crippen LogP contribution is 2.44. The standard InChI is InChI=1S/C26H25N3O5S/c1-35-14-13-22(25(31)32)28-24(30)21-11-6-12-23(27-21)29-26(33)34-15-20-18-9-4-2-7-16(18)17-8-3-5-10-19(17)20/h2-12,20,22H,13-15H2,1H3,(H,28,30)(H,31,32)(H,27,29,33). The number of carbonyl (C=O) groups is 3. The number of aromatic nitrogens is 1. The third-order valence-electron chi connectivity index (χ3n) is 5.77. The molecule has 180 valence electrons. The first kappa shape index (κ1) is 24.3. The van der Waals surface area contributed by atoms with Crippen molar-refractivity contribution in [2.75, 3.05) is 23.9 Å². The molecule has 4 rings (SSSR count). The average molecular weight is 492 g/mol. The molecule has 0 spiro atoms. The van der Waals surface area contributed by atoms with Gasteiger partial charge < -0.3 is 15.2 Å². The second-order valence-corrected chi connectivity index (χ2v) is 8.99. The van der Waals surface area contributed by atoms with E-state index in [0.717, 1.165) is 22.3 Å². The number of carboxylic acid groups (broad SMARTS) is 1. The van der Waals surface area contributed by atoms with Crippen LogP contribution in [0.15, 0.2) is 66.7 Å². The molecule has 0 saturated carbocycles. The maximum absolute atomic E-state index is 12.5. The van der Waals surface area contributed by atoms with E-state index in [4.69, 9.17) is 4.74 Å². The van der Waals surface area contributed by atoms with Crippen molar-refractivity contribution in [3.63, 3.8) is 0 Å². The summed E-state index contributed by atoms with van der Waals surface area (Å²) < 4.78 is 5.51. The second kappa shape index (κ2) is 11.1. The molecule has 1 unspecified atom stereocenters. The van der Waals surface area contributed by atoms with Crippen LogP contribution < -0.4 is 10.6 Å². The number of amides is 2. The van der Waals surface area contributed by atoms with Crippen LogP contribution in [0.1, 0.15) is 34.0 Å². The minimum atomic E-state index is -1.11. The van der Waals surface area contributed by atoms with Crippen molar-refractivity contribution in [1.82, 2.24) is 10.3 Å². The number of thioether (sulfide) groups is 1. The van der Waals surface area contributed by atoms with Gasteiger partial charge in [-0.05, 0) is 52.8 Å². The van der Waals surface area contributed by atoms with Crippen LogP contribution in [0.25, 0.3) is 11.1 Å². The van der Waals surface area contributed by atoms with Gasteiger partial charge in [0.1, 0.15) is 24.2 Å². The summed E-state index contributed by atoms with van der Waals surface area (Å²) in [6.07, 6.45) is 1.46. The lowest BCUT2D eigenvalue weighted by Gasteiger charge is -2.15. The van der Waals surface area contributed by atoms with Gasteiger partial charge in [-0.3, -0.25) is 10.1 Å². The molecule has 3 N–H and O–H groups in total. The Labute approximate surface area is 207 Å². The maximum Gasteiger partial charge on any atom is 0.412 e. The zero-order chi connectivity index (χ0) is 24.8. The summed E-state index contributed by atoms with van der Waals surface area (Å²) in [5.41, 5.74) is 4.47. The van der Waals surface area contributed by atoms with Crippen LogP contribution in [0.3, 0.4) is 0 Å². The van der Waals surface area contributed by atoms with Gasteiger partial charge in [0.05, 0.1) is 0 Å². The van der Waals surface area contributed by atoms with Crippen LogP contribution in [-0.2, 0) is 9.53 Å². The molecule has 0 fully saturated rings. The van der Waals surface area contributed by atoms with Crippen molar-refractivity contribution in [2.45, 2.75) is 18.4 Å². The number of carboxylic acids is 1. The Bertz CT molecular complexity index is 1200. The monoisotopic (exact) mass is 491 g/mol. The SMILES string of the molecule is CSCCC(NC(=O)c1cccc(NC(=O)OCC2c3ccccc3-c3ccccc32)n1)C(=O)O. The summed E-state index contributed by atoms with van der Waals surface area (Å²) in [6, 6.07) is 19.6. The van der Waals surface area contributed by atoms with Crippen LogP contribution >= 0.6 is 11.8 Å². The first-order chi connectivity index (χ1) is 17.0. The number of hydrogen-bond acceptors (Lipinski definition) is 6. The summed E-state index contributed by atoms with van der Waals surface area (Å²) in [5, 5.41) is 14.3. The maximum atomic E-state index is 12.5. The zero-order valence-electron chi connectivity index (χ0n) is 19.1. The Morgan fingerprint density at radius 2 is 1.66 bits per heavy atom. The first-order valence-corrected chi connectivity index (χ1v) is 12.5. The number of anilines is 1. The molecule has 9 heteroatoms. The highest BCUT2D eigenvalue weighted by molar-refractivity contribution is 7.98. The quantitative estimate of drug-likeness (QED) is 0.407. The fraction of sp³-hybridized carbons (Fsp3) is 0.231. The van der Waals surface area contributed by atoms with Crippen LogP contribution in [0.2, 0.25) is 0 Å². The molecule has 1 aliphatic carbocycles. The number of pyridine rings is 1. The Hall–Kier alpha value is -3.85. The molecular weight excluding hydrogens is 466 g/mol. The van der Waals surface area contributed by atoms with Gasteiger partial charge in [0.25, 0.3) is 5.91 Å². The molecule has 2 aromatic carbocycles. The smallest absolute Gasteiger partial charge is 0.412 e. The Morgan fingerprint density at radius 3 is 2.29 bits per heavy atom. The molecule has 3 aromatic rings. The van der Waals surface area contributed by atoms with Gasteiger partial charge in [0, 0.05) is 5.92 Å². The van der Waals surface area contributed by atoms with Gasteiger partial charge in [0.2, 0.25) is 0 Å². The van der Waals surface area contributed by atoms with Crippen molar-refractivity contribution >= 4 is 35.5 Å². The molecule has 1 aliphatic rings. The van der Waals surface area contributed by atoms with Gasteiger partial charge in [0.15, 0.2) is 0 Å². The lowest BCUT2D eigenvalue weighted by molar-refractivity contribution is -0.139. The van der Waals surface area contributed by atoms with E-state index in [2.05, 4.69) is 27.8 Å². The summed E-state index contributed by atoms with van der Waals surface area (Å²) in [4.78, 5) is 40.5. The Kier molecular flexibility index (Phi) is 7.67. The van der Waals surface area contributed by atoms with Crippen LogP contribution in [0.5, 0.6) is 0 Å². The summed E-state index contributed by atoms with van der Waals surface area (Å²) >= 11 is 1.49. The van der Waals surface area contributed by atoms with Crippen LogP contribution in [-0.4, -0.2) is 52.7 Å². The average Bonchev–Trinajstić information content (AvgIpc) is 3.19. The molecule has 0 radical (unpaired) electrons. The normalized spacial score (nSPS) is 12.8. The predicted molar refractivity (Wildman–Crippen MR) is 135 cm³/mol. The lowest BCUT2D eigenvalue weighted by atomic mass is 9.98. The molecule has 1 aromatic heterocycles. The number of nitrogens with zero attached hydrogens (tertiary/aromatic N) is 1. The number of nitrogens with one attached hydrogen (secondary N) is 2. The van der Waals surface area contributed by atoms with E-state index in [9.17, 15) is 19.5 Å². The number of rotatable bonds is 9. The molecule has 0 bridgehead atoms. The zero-order valence-corrected chi connectivity index (χ0v) is 19.9. The van der Waals surface area contributed by atoms with Crippen molar-refractivity contribution in [1.29, 1.82) is 0 Å². The Morgan fingerprint density at radius 1 is 1.00 bits per heavy atom. The van der Waals surface area contributed by atoms with Crippen molar-refractivity contribution in [3.8, 4) is 11.1 Å². The molecule has 0 saturated heterocycles. The van der Waals surface area contributed by atoms with Gasteiger partial charge in [-0.15, -0.1) is 0 Å². The highest BCUT2D eigenvalue weighted by Gasteiger charge is 2.29. The predicted octanol–water partition coefficient (Wildman–Crippen LogP) is 4.38. The van der Waals surface area contributed by atoms with E-state index >= 15 is 0 Å². The lowest BCUT2D eigenvalue weighted by Crippen LogP contribution is -2.41. The summed E-state index contributed by atoms with van der Waals surface area (Å²) in [7, 11) is 0. The van der Waals surface area contributed by atoms with E-state index in [-0.39, 0.29) is 24.0 Å². The Balaban J connectivity index is 1.38. The van der Waals surface area contributed by atoms with Crippen molar-refractivity contribution in [2.24, 2.45) is 0 Å². The molecule has 1 heterocycles. The first-order valence-electron chi connectivity index (χ1n) is 11.1. The van der Waals surface area contributed by atoms with Crippen molar-refractivity contribution in [3.05, 3.63) is 83.6 Å². The minimum absolute atomic E-state index is 0.00292. The molecule has 0 aliphatic heterocycles. The summed E-state index contributed by atoms with van der Waals surface area (Å²) in [5.74, 6) is -1.10. The van der Waals surface area contributed by atoms with E-state index in [1.54, 1.807) is 6.07 Å². The van der Waals surface area contributed by atoms with Crippen LogP contribution in [0, 0.1) is 0 Å². The van der Waals surface area contributed by atoms with E-state index in [1.807, 2.05) is 42.7 Å². The van der Waals surface area contributed by atoms with E-state index < -0.39 is 24.0 Å². The molecule has 1 atom stereocenters. The van der Waals surface area contributed by atoms with Crippen molar-refractivity contribution < 1.29 is 24.2 Å². The van der Waals surface area contributed by atoms with Gasteiger partial charge in [-0.1, -0.05) is 54.6 Å². The fourth-order valence-corrected chi connectivity index (χ4v) is 4.57. The fourth-order valence-electron chi connectivity index (χ4n) is 4.10. The number of carbonyl (C=O) groups excluding carboxylic acids is 2. The van der Waals surface area contributed by atoms with Crippen LogP contribution in [0.4, 0.5) is 10.6 Å². The summed E-state index contributed by atoms with van der Waals surface area (Å²) in [6.45, 7) is 0.149. The molecule has 8 nitrogen and oxygen atoms in total. The highest BCUT2D eigenvalue weighted by atomic mass is 32.2. The molecular formula is C26H25N3O5S. The third kappa shape index (κ3) is 5.63. The number of hydrogen-bond donors (Lipinski definition) is 3. The number of aliphatic carboxylic acids is 1. The second-order valence-electron chi connectivity index (χ2n) is 8.00.